The molecule has 0 radical (unpaired) electrons. The van der Waals surface area contributed by atoms with Crippen LogP contribution in [0.3, 0.4) is 0 Å². The maximum Gasteiger partial charge on any atom is 0.0847 e. The fourth-order valence-corrected chi connectivity index (χ4v) is 2.48. The highest BCUT2D eigenvalue weighted by molar-refractivity contribution is 6.31. The molecule has 0 saturated heterocycles. The van der Waals surface area contributed by atoms with Gasteiger partial charge in [-0.2, -0.15) is 5.10 Å². The number of aryl methyl sites for hydroxylation is 3. The standard InChI is InChI=1S/C14H19ClN4/c1-4-19-13(14(15)10(3)18-19)8-12(16)11-6-5-7-17-9(11)2/h5-7,12H,4,8,16H2,1-3H3. The van der Waals surface area contributed by atoms with E-state index in [1.165, 1.54) is 0 Å². The Hall–Kier alpha value is -1.39. The molecule has 2 rings (SSSR count). The molecule has 0 amide bonds. The van der Waals surface area contributed by atoms with Crippen LogP contribution in [-0.4, -0.2) is 14.8 Å². The summed E-state index contributed by atoms with van der Waals surface area (Å²) in [6, 6.07) is 3.81. The number of nitrogens with zero attached hydrogens (tertiary/aromatic N) is 3. The average Bonchev–Trinajstić information content (AvgIpc) is 2.67. The van der Waals surface area contributed by atoms with Crippen LogP contribution in [0.4, 0.5) is 0 Å². The molecule has 1 atom stereocenters. The van der Waals surface area contributed by atoms with E-state index in [0.29, 0.717) is 6.42 Å². The van der Waals surface area contributed by atoms with Crippen LogP contribution in [0, 0.1) is 13.8 Å². The Balaban J connectivity index is 2.29. The summed E-state index contributed by atoms with van der Waals surface area (Å²) < 4.78 is 1.92. The monoisotopic (exact) mass is 278 g/mol. The lowest BCUT2D eigenvalue weighted by Crippen LogP contribution is -2.17. The van der Waals surface area contributed by atoms with E-state index in [9.17, 15) is 0 Å². The quantitative estimate of drug-likeness (QED) is 0.936. The number of halogens is 1. The fraction of sp³-hybridized carbons (Fsp3) is 0.429. The zero-order chi connectivity index (χ0) is 14.0. The van der Waals surface area contributed by atoms with Crippen LogP contribution in [0.1, 0.15) is 35.6 Å². The van der Waals surface area contributed by atoms with Gasteiger partial charge in [0, 0.05) is 30.9 Å². The van der Waals surface area contributed by atoms with Gasteiger partial charge in [-0.05, 0) is 32.4 Å². The lowest BCUT2D eigenvalue weighted by molar-refractivity contribution is 0.585. The van der Waals surface area contributed by atoms with Gasteiger partial charge >= 0.3 is 0 Å². The molecule has 0 aliphatic heterocycles. The van der Waals surface area contributed by atoms with Crippen molar-refractivity contribution in [3.8, 4) is 0 Å². The van der Waals surface area contributed by atoms with Gasteiger partial charge in [0.15, 0.2) is 0 Å². The van der Waals surface area contributed by atoms with Gasteiger partial charge in [0.2, 0.25) is 0 Å². The molecule has 2 heterocycles. The van der Waals surface area contributed by atoms with Crippen LogP contribution in [0.5, 0.6) is 0 Å². The van der Waals surface area contributed by atoms with Crippen molar-refractivity contribution >= 4 is 11.6 Å². The molecule has 102 valence electrons. The number of rotatable bonds is 4. The Morgan fingerprint density at radius 1 is 1.37 bits per heavy atom. The second-order valence-corrected chi connectivity index (χ2v) is 5.03. The summed E-state index contributed by atoms with van der Waals surface area (Å²) >= 11 is 6.31. The number of hydrogen-bond donors (Lipinski definition) is 1. The molecule has 1 unspecified atom stereocenters. The minimum atomic E-state index is -0.118. The van der Waals surface area contributed by atoms with Gasteiger partial charge in [-0.3, -0.25) is 9.67 Å². The Bertz CT molecular complexity index is 577. The van der Waals surface area contributed by atoms with E-state index in [1.54, 1.807) is 6.20 Å². The molecule has 0 aromatic carbocycles. The van der Waals surface area contributed by atoms with Crippen LogP contribution in [0.2, 0.25) is 5.02 Å². The highest BCUT2D eigenvalue weighted by atomic mass is 35.5. The van der Waals surface area contributed by atoms with Crippen molar-refractivity contribution in [3.05, 3.63) is 46.0 Å². The molecular formula is C14H19ClN4. The van der Waals surface area contributed by atoms with Gasteiger partial charge in [-0.1, -0.05) is 17.7 Å². The molecule has 2 aromatic rings. The molecule has 2 N–H and O–H groups in total. The van der Waals surface area contributed by atoms with Crippen molar-refractivity contribution in [3.63, 3.8) is 0 Å². The molecule has 2 aromatic heterocycles. The lowest BCUT2D eigenvalue weighted by atomic mass is 10.0. The third-order valence-electron chi connectivity index (χ3n) is 3.31. The first-order chi connectivity index (χ1) is 9.04. The molecule has 0 aliphatic rings. The summed E-state index contributed by atoms with van der Waals surface area (Å²) in [7, 11) is 0. The van der Waals surface area contributed by atoms with Crippen molar-refractivity contribution < 1.29 is 0 Å². The second-order valence-electron chi connectivity index (χ2n) is 4.65. The molecule has 4 nitrogen and oxygen atoms in total. The van der Waals surface area contributed by atoms with E-state index in [2.05, 4.69) is 10.1 Å². The normalized spacial score (nSPS) is 12.7. The van der Waals surface area contributed by atoms with Crippen LogP contribution in [0.25, 0.3) is 0 Å². The van der Waals surface area contributed by atoms with Crippen molar-refractivity contribution in [2.45, 2.75) is 39.8 Å². The lowest BCUT2D eigenvalue weighted by Gasteiger charge is -2.15. The number of pyridine rings is 1. The Labute approximate surface area is 118 Å². The molecule has 19 heavy (non-hydrogen) atoms. The summed E-state index contributed by atoms with van der Waals surface area (Å²) in [6.07, 6.45) is 2.44. The fourth-order valence-electron chi connectivity index (χ4n) is 2.27. The second kappa shape index (κ2) is 5.72. The Kier molecular flexibility index (Phi) is 4.22. The van der Waals surface area contributed by atoms with Crippen molar-refractivity contribution in [1.82, 2.24) is 14.8 Å². The zero-order valence-electron chi connectivity index (χ0n) is 11.5. The van der Waals surface area contributed by atoms with Gasteiger partial charge in [0.1, 0.15) is 0 Å². The third kappa shape index (κ3) is 2.80. The third-order valence-corrected chi connectivity index (χ3v) is 3.81. The van der Waals surface area contributed by atoms with Gasteiger partial charge in [-0.15, -0.1) is 0 Å². The van der Waals surface area contributed by atoms with Crippen LogP contribution >= 0.6 is 11.6 Å². The van der Waals surface area contributed by atoms with Crippen LogP contribution < -0.4 is 5.73 Å². The Morgan fingerprint density at radius 2 is 2.11 bits per heavy atom. The predicted molar refractivity (Wildman–Crippen MR) is 77.3 cm³/mol. The maximum absolute atomic E-state index is 6.31. The minimum absolute atomic E-state index is 0.118. The Morgan fingerprint density at radius 3 is 2.74 bits per heavy atom. The first-order valence-electron chi connectivity index (χ1n) is 6.43. The van der Waals surface area contributed by atoms with Crippen LogP contribution in [0.15, 0.2) is 18.3 Å². The zero-order valence-corrected chi connectivity index (χ0v) is 12.3. The highest BCUT2D eigenvalue weighted by Crippen LogP contribution is 2.25. The first-order valence-corrected chi connectivity index (χ1v) is 6.81. The van der Waals surface area contributed by atoms with Gasteiger partial charge in [0.05, 0.1) is 16.4 Å². The largest absolute Gasteiger partial charge is 0.324 e. The number of aromatic nitrogens is 3. The first kappa shape index (κ1) is 14.0. The van der Waals surface area contributed by atoms with E-state index in [1.807, 2.05) is 37.6 Å². The molecule has 0 bridgehead atoms. The van der Waals surface area contributed by atoms with Crippen LogP contribution in [-0.2, 0) is 13.0 Å². The van der Waals surface area contributed by atoms with E-state index in [-0.39, 0.29) is 6.04 Å². The average molecular weight is 279 g/mol. The number of nitrogens with two attached hydrogens (primary N) is 1. The topological polar surface area (TPSA) is 56.7 Å². The van der Waals surface area contributed by atoms with E-state index < -0.39 is 0 Å². The SMILES string of the molecule is CCn1nc(C)c(Cl)c1CC(N)c1cccnc1C. The predicted octanol–water partition coefficient (Wildman–Crippen LogP) is 2.81. The molecule has 0 aliphatic carbocycles. The summed E-state index contributed by atoms with van der Waals surface area (Å²) in [5.74, 6) is 0. The summed E-state index contributed by atoms with van der Waals surface area (Å²) in [6.45, 7) is 6.73. The van der Waals surface area contributed by atoms with Gasteiger partial charge in [-0.25, -0.2) is 0 Å². The van der Waals surface area contributed by atoms with Crippen molar-refractivity contribution in [1.29, 1.82) is 0 Å². The van der Waals surface area contributed by atoms with E-state index in [0.717, 1.165) is 34.2 Å². The summed E-state index contributed by atoms with van der Waals surface area (Å²) in [5, 5.41) is 5.13. The van der Waals surface area contributed by atoms with Gasteiger partial charge in [0.25, 0.3) is 0 Å². The molecule has 0 spiro atoms. The molecular weight excluding hydrogens is 260 g/mol. The van der Waals surface area contributed by atoms with Crippen molar-refractivity contribution in [2.75, 3.05) is 0 Å². The highest BCUT2D eigenvalue weighted by Gasteiger charge is 2.17. The van der Waals surface area contributed by atoms with E-state index >= 15 is 0 Å². The van der Waals surface area contributed by atoms with E-state index in [4.69, 9.17) is 17.3 Å². The maximum atomic E-state index is 6.31. The smallest absolute Gasteiger partial charge is 0.0847 e. The number of hydrogen-bond acceptors (Lipinski definition) is 3. The van der Waals surface area contributed by atoms with Gasteiger partial charge < -0.3 is 5.73 Å². The molecule has 5 heteroatoms. The molecule has 0 fully saturated rings. The minimum Gasteiger partial charge on any atom is -0.324 e. The van der Waals surface area contributed by atoms with Crippen molar-refractivity contribution in [2.24, 2.45) is 5.73 Å². The summed E-state index contributed by atoms with van der Waals surface area (Å²) in [4.78, 5) is 4.28. The molecule has 0 saturated carbocycles. The summed E-state index contributed by atoms with van der Waals surface area (Å²) in [5.41, 5.74) is 10.2.